The van der Waals surface area contributed by atoms with Crippen LogP contribution in [0, 0.1) is 11.7 Å². The van der Waals surface area contributed by atoms with Crippen molar-refractivity contribution in [2.45, 2.75) is 58.8 Å². The van der Waals surface area contributed by atoms with Crippen molar-refractivity contribution < 1.29 is 18.7 Å². The van der Waals surface area contributed by atoms with Crippen molar-refractivity contribution in [1.82, 2.24) is 0 Å². The highest BCUT2D eigenvalue weighted by molar-refractivity contribution is 6.16. The van der Waals surface area contributed by atoms with Crippen molar-refractivity contribution in [2.24, 2.45) is 10.9 Å². The van der Waals surface area contributed by atoms with Crippen LogP contribution in [0.1, 0.15) is 63.5 Å². The maximum atomic E-state index is 15.7. The van der Waals surface area contributed by atoms with Gasteiger partial charge in [-0.05, 0) is 111 Å². The number of methoxy groups -OCH3 is 1. The first-order valence-corrected chi connectivity index (χ1v) is 14.4. The number of anilines is 1. The molecule has 1 atom stereocenters. The lowest BCUT2D eigenvalue weighted by atomic mass is 9.81. The molecule has 41 heavy (non-hydrogen) atoms. The van der Waals surface area contributed by atoms with Crippen molar-refractivity contribution in [1.29, 1.82) is 0 Å². The van der Waals surface area contributed by atoms with Gasteiger partial charge in [0, 0.05) is 30.3 Å². The van der Waals surface area contributed by atoms with Crippen LogP contribution in [0.2, 0.25) is 0 Å². The lowest BCUT2D eigenvalue weighted by Crippen LogP contribution is -2.32. The first kappa shape index (κ1) is 29.9. The van der Waals surface area contributed by atoms with Gasteiger partial charge in [-0.2, -0.15) is 0 Å². The predicted molar refractivity (Wildman–Crippen MR) is 165 cm³/mol. The van der Waals surface area contributed by atoms with Gasteiger partial charge in [0.25, 0.3) is 5.91 Å². The van der Waals surface area contributed by atoms with E-state index < -0.39 is 0 Å². The van der Waals surface area contributed by atoms with Gasteiger partial charge >= 0.3 is 0 Å². The van der Waals surface area contributed by atoms with Crippen molar-refractivity contribution in [2.75, 3.05) is 18.6 Å². The van der Waals surface area contributed by atoms with Gasteiger partial charge in [0.1, 0.15) is 11.6 Å². The third kappa shape index (κ3) is 6.99. The molecule has 4 rings (SSSR count). The molecule has 1 amide bonds. The van der Waals surface area contributed by atoms with E-state index in [1.165, 1.54) is 11.6 Å². The number of ether oxygens (including phenoxy) is 1. The van der Waals surface area contributed by atoms with Gasteiger partial charge in [0.2, 0.25) is 0 Å². The van der Waals surface area contributed by atoms with Gasteiger partial charge in [-0.1, -0.05) is 36.8 Å². The second kappa shape index (κ2) is 14.0. The number of fused-ring (bicyclic) bond motifs is 1. The van der Waals surface area contributed by atoms with Crippen molar-refractivity contribution in [3.05, 3.63) is 101 Å². The molecular weight excluding hydrogens is 515 g/mol. The van der Waals surface area contributed by atoms with Crippen LogP contribution in [-0.4, -0.2) is 32.1 Å². The fraction of sp³-hybridized carbons (Fsp3) is 0.343. The fourth-order valence-corrected chi connectivity index (χ4v) is 5.82. The van der Waals surface area contributed by atoms with E-state index in [0.29, 0.717) is 59.5 Å². The topological polar surface area (TPSA) is 59.0 Å². The summed E-state index contributed by atoms with van der Waals surface area (Å²) in [5, 5.41) is 0. The minimum atomic E-state index is -0.373. The molecular formula is C35H39FN2O3. The quantitative estimate of drug-likeness (QED) is 0.222. The summed E-state index contributed by atoms with van der Waals surface area (Å²) in [6.45, 7) is 8.01. The van der Waals surface area contributed by atoms with Crippen LogP contribution in [-0.2, 0) is 16.0 Å². The van der Waals surface area contributed by atoms with Crippen LogP contribution in [0.15, 0.2) is 88.6 Å². The number of carbonyl (C=O) groups excluding carboxylic acids is 2. The maximum Gasteiger partial charge on any atom is 0.258 e. The molecule has 0 bridgehead atoms. The number of hydrogen-bond donors (Lipinski definition) is 0. The number of halogens is 1. The molecule has 2 aromatic carbocycles. The van der Waals surface area contributed by atoms with Gasteiger partial charge in [0.15, 0.2) is 5.78 Å². The summed E-state index contributed by atoms with van der Waals surface area (Å²) in [4.78, 5) is 33.3. The summed E-state index contributed by atoms with van der Waals surface area (Å²) >= 11 is 0. The predicted octanol–water partition coefficient (Wildman–Crippen LogP) is 7.82. The summed E-state index contributed by atoms with van der Waals surface area (Å²) in [6.07, 6.45) is 11.6. The number of ketones is 1. The SMILES string of the molecule is C=NC=CC=C(C)CCCC1CC(=O)C=C2CCCN(c3ccccc3OC)C(=O)C2=C1c1cc(CC)ccc1F. The van der Waals surface area contributed by atoms with E-state index in [1.807, 2.05) is 49.4 Å². The first-order chi connectivity index (χ1) is 19.9. The number of allylic oxidation sites excluding steroid dienone is 5. The molecule has 1 aliphatic heterocycles. The lowest BCUT2D eigenvalue weighted by molar-refractivity contribution is -0.115. The molecule has 1 fully saturated rings. The normalized spacial score (nSPS) is 18.2. The van der Waals surface area contributed by atoms with E-state index in [2.05, 4.69) is 18.6 Å². The monoisotopic (exact) mass is 554 g/mol. The van der Waals surface area contributed by atoms with Crippen molar-refractivity contribution in [3.8, 4) is 5.75 Å². The first-order valence-electron chi connectivity index (χ1n) is 14.4. The Morgan fingerprint density at radius 1 is 1.22 bits per heavy atom. The lowest BCUT2D eigenvalue weighted by Gasteiger charge is -2.27. The molecule has 1 unspecified atom stereocenters. The van der Waals surface area contributed by atoms with Gasteiger partial charge in [-0.15, -0.1) is 0 Å². The highest BCUT2D eigenvalue weighted by Gasteiger charge is 2.36. The summed E-state index contributed by atoms with van der Waals surface area (Å²) in [7, 11) is 1.59. The minimum Gasteiger partial charge on any atom is -0.495 e. The van der Waals surface area contributed by atoms with Crippen LogP contribution in [0.3, 0.4) is 0 Å². The van der Waals surface area contributed by atoms with Crippen molar-refractivity contribution in [3.63, 3.8) is 0 Å². The van der Waals surface area contributed by atoms with Gasteiger partial charge in [0.05, 0.1) is 12.8 Å². The highest BCUT2D eigenvalue weighted by atomic mass is 19.1. The molecule has 1 saturated heterocycles. The standard InChI is InChI=1S/C35H39FN2O3/c1-5-25-17-18-30(36)29(21-25)33-26(13-8-11-24(2)12-9-19-37-3)22-28(39)23-27-14-10-20-38(35(40)34(27)33)31-15-6-7-16-32(31)41-4/h6-7,9,12,15-19,21,23,26H,3,5,8,10-11,13-14,20,22H2,1-2,4H3. The minimum absolute atomic E-state index is 0.0182. The second-order valence-electron chi connectivity index (χ2n) is 10.7. The second-order valence-corrected chi connectivity index (χ2v) is 10.7. The average Bonchev–Trinajstić information content (AvgIpc) is 3.21. The summed E-state index contributed by atoms with van der Waals surface area (Å²) in [5.74, 6) is -0.309. The average molecular weight is 555 g/mol. The molecule has 1 aliphatic carbocycles. The number of hydrogen-bond acceptors (Lipinski definition) is 4. The summed E-state index contributed by atoms with van der Waals surface area (Å²) < 4.78 is 21.3. The fourth-order valence-electron chi connectivity index (χ4n) is 5.82. The zero-order chi connectivity index (χ0) is 29.4. The van der Waals surface area contributed by atoms with Crippen LogP contribution in [0.5, 0.6) is 5.75 Å². The molecule has 0 spiro atoms. The Morgan fingerprint density at radius 3 is 2.78 bits per heavy atom. The Hall–Kier alpha value is -4.06. The Bertz CT molecular complexity index is 1430. The Labute approximate surface area is 242 Å². The summed E-state index contributed by atoms with van der Waals surface area (Å²) in [6, 6.07) is 12.6. The van der Waals surface area contributed by atoms with E-state index in [9.17, 15) is 9.59 Å². The molecule has 6 heteroatoms. The number of nitrogens with zero attached hydrogens (tertiary/aromatic N) is 2. The Morgan fingerprint density at radius 2 is 2.02 bits per heavy atom. The largest absolute Gasteiger partial charge is 0.495 e. The number of aryl methyl sites for hydroxylation is 1. The molecule has 5 nitrogen and oxygen atoms in total. The Balaban J connectivity index is 1.86. The van der Waals surface area contributed by atoms with Gasteiger partial charge in [-0.25, -0.2) is 4.39 Å². The molecule has 0 N–H and O–H groups in total. The Kier molecular flexibility index (Phi) is 10.2. The van der Waals surface area contributed by atoms with Crippen LogP contribution in [0.25, 0.3) is 5.57 Å². The van der Waals surface area contributed by atoms with Crippen LogP contribution in [0.4, 0.5) is 10.1 Å². The van der Waals surface area contributed by atoms with E-state index in [1.54, 1.807) is 30.4 Å². The van der Waals surface area contributed by atoms with Gasteiger partial charge < -0.3 is 9.64 Å². The van der Waals surface area contributed by atoms with Crippen LogP contribution < -0.4 is 9.64 Å². The molecule has 0 saturated carbocycles. The molecule has 1 heterocycles. The number of rotatable bonds is 10. The van der Waals surface area contributed by atoms with E-state index >= 15 is 4.39 Å². The molecule has 2 aromatic rings. The zero-order valence-electron chi connectivity index (χ0n) is 24.3. The maximum absolute atomic E-state index is 15.7. The van der Waals surface area contributed by atoms with E-state index in [4.69, 9.17) is 4.74 Å². The summed E-state index contributed by atoms with van der Waals surface area (Å²) in [5.41, 5.74) is 5.07. The van der Waals surface area contributed by atoms with Gasteiger partial charge in [-0.3, -0.25) is 14.6 Å². The third-order valence-corrected chi connectivity index (χ3v) is 7.87. The number of benzene rings is 2. The highest BCUT2D eigenvalue weighted by Crippen LogP contribution is 2.43. The molecule has 214 valence electrons. The molecule has 0 radical (unpaired) electrons. The third-order valence-electron chi connectivity index (χ3n) is 7.87. The van der Waals surface area contributed by atoms with Crippen LogP contribution >= 0.6 is 0 Å². The zero-order valence-corrected chi connectivity index (χ0v) is 24.3. The smallest absolute Gasteiger partial charge is 0.258 e. The number of para-hydroxylation sites is 2. The number of carbonyl (C=O) groups is 2. The molecule has 0 aromatic heterocycles. The van der Waals surface area contributed by atoms with E-state index in [-0.39, 0.29) is 29.8 Å². The van der Waals surface area contributed by atoms with E-state index in [0.717, 1.165) is 24.8 Å². The number of amides is 1. The number of aliphatic imine (C=N–C) groups is 1. The van der Waals surface area contributed by atoms with Crippen molar-refractivity contribution >= 4 is 29.7 Å². The molecule has 2 aliphatic rings.